The zero-order valence-corrected chi connectivity index (χ0v) is 17.9. The molecule has 0 unspecified atom stereocenters. The van der Waals surface area contributed by atoms with Gasteiger partial charge in [0.2, 0.25) is 0 Å². The molecule has 0 fully saturated rings. The first-order valence-corrected chi connectivity index (χ1v) is 11.7. The zero-order chi connectivity index (χ0) is 20.6. The minimum Gasteiger partial charge on any atom is -0.333 e. The molecule has 29 heavy (non-hydrogen) atoms. The minimum absolute atomic E-state index is 0.0203. The summed E-state index contributed by atoms with van der Waals surface area (Å²) in [5.41, 5.74) is 4.36. The number of rotatable bonds is 4. The Labute approximate surface area is 175 Å². The molecule has 7 heteroatoms. The number of thiophene rings is 1. The van der Waals surface area contributed by atoms with Crippen LogP contribution in [0.4, 0.5) is 5.69 Å². The fraction of sp³-hybridized carbons (Fsp3) is 0.227. The van der Waals surface area contributed by atoms with Gasteiger partial charge in [-0.05, 0) is 66.6 Å². The van der Waals surface area contributed by atoms with Gasteiger partial charge in [0.25, 0.3) is 15.9 Å². The number of sulfonamides is 1. The number of carbonyl (C=O) groups is 1. The lowest BCUT2D eigenvalue weighted by molar-refractivity contribution is 0.0739. The predicted molar refractivity (Wildman–Crippen MR) is 116 cm³/mol. The number of nitrogens with zero attached hydrogens (tertiary/aromatic N) is 1. The molecular formula is C22H22N2O3S2. The summed E-state index contributed by atoms with van der Waals surface area (Å²) in [7, 11) is -3.68. The molecule has 1 aliphatic heterocycles. The van der Waals surface area contributed by atoms with Crippen LogP contribution in [0.2, 0.25) is 0 Å². The van der Waals surface area contributed by atoms with E-state index in [0.29, 0.717) is 24.3 Å². The molecule has 0 radical (unpaired) electrons. The highest BCUT2D eigenvalue weighted by Gasteiger charge is 2.23. The van der Waals surface area contributed by atoms with E-state index in [-0.39, 0.29) is 10.8 Å². The molecule has 0 atom stereocenters. The molecule has 1 aromatic heterocycles. The van der Waals surface area contributed by atoms with Crippen LogP contribution in [-0.4, -0.2) is 25.8 Å². The van der Waals surface area contributed by atoms with Crippen LogP contribution in [0.1, 0.15) is 31.9 Å². The normalized spacial score (nSPS) is 13.8. The third kappa shape index (κ3) is 4.06. The lowest BCUT2D eigenvalue weighted by Crippen LogP contribution is -2.35. The van der Waals surface area contributed by atoms with Gasteiger partial charge in [0.05, 0.1) is 9.77 Å². The summed E-state index contributed by atoms with van der Waals surface area (Å²) in [6.45, 7) is 4.87. The van der Waals surface area contributed by atoms with E-state index >= 15 is 0 Å². The Balaban J connectivity index is 1.57. The summed E-state index contributed by atoms with van der Waals surface area (Å²) in [5.74, 6) is 0.0203. The van der Waals surface area contributed by atoms with E-state index in [9.17, 15) is 13.2 Å². The van der Waals surface area contributed by atoms with Gasteiger partial charge in [0.15, 0.2) is 0 Å². The molecule has 4 rings (SSSR count). The Bertz CT molecular complexity index is 1170. The number of benzene rings is 2. The number of nitrogens with one attached hydrogen (secondary N) is 1. The summed E-state index contributed by atoms with van der Waals surface area (Å²) in [4.78, 5) is 15.5. The van der Waals surface area contributed by atoms with Gasteiger partial charge < -0.3 is 4.90 Å². The average Bonchev–Trinajstić information content (AvgIpc) is 3.21. The van der Waals surface area contributed by atoms with E-state index < -0.39 is 10.0 Å². The first-order valence-electron chi connectivity index (χ1n) is 9.38. The fourth-order valence-electron chi connectivity index (χ4n) is 3.66. The van der Waals surface area contributed by atoms with E-state index in [1.54, 1.807) is 25.1 Å². The summed E-state index contributed by atoms with van der Waals surface area (Å²) in [6, 6.07) is 14.6. The first-order chi connectivity index (χ1) is 13.8. The quantitative estimate of drug-likeness (QED) is 0.674. The first kappa shape index (κ1) is 19.7. The highest BCUT2D eigenvalue weighted by molar-refractivity contribution is 7.92. The van der Waals surface area contributed by atoms with Crippen LogP contribution in [0.25, 0.3) is 0 Å². The molecule has 3 aromatic rings. The van der Waals surface area contributed by atoms with Crippen molar-refractivity contribution < 1.29 is 13.2 Å². The van der Waals surface area contributed by atoms with Crippen molar-refractivity contribution in [2.75, 3.05) is 11.3 Å². The second kappa shape index (κ2) is 7.65. The van der Waals surface area contributed by atoms with Gasteiger partial charge in [-0.1, -0.05) is 29.8 Å². The topological polar surface area (TPSA) is 66.5 Å². The number of carbonyl (C=O) groups excluding carboxylic acids is 1. The number of amides is 1. The van der Waals surface area contributed by atoms with Gasteiger partial charge in [-0.15, -0.1) is 11.3 Å². The molecule has 1 N–H and O–H groups in total. The van der Waals surface area contributed by atoms with Gasteiger partial charge in [-0.25, -0.2) is 8.42 Å². The van der Waals surface area contributed by atoms with Crippen LogP contribution < -0.4 is 4.72 Å². The van der Waals surface area contributed by atoms with Gasteiger partial charge >= 0.3 is 0 Å². The van der Waals surface area contributed by atoms with Crippen LogP contribution in [-0.2, 0) is 23.0 Å². The van der Waals surface area contributed by atoms with Gasteiger partial charge in [-0.2, -0.15) is 0 Å². The number of hydrogen-bond acceptors (Lipinski definition) is 4. The Morgan fingerprint density at radius 3 is 2.62 bits per heavy atom. The number of aryl methyl sites for hydroxylation is 2. The third-order valence-electron chi connectivity index (χ3n) is 5.11. The van der Waals surface area contributed by atoms with Crippen molar-refractivity contribution in [3.63, 3.8) is 0 Å². The highest BCUT2D eigenvalue weighted by atomic mass is 32.2. The lowest BCUT2D eigenvalue weighted by atomic mass is 9.99. The van der Waals surface area contributed by atoms with Crippen LogP contribution in [0, 0.1) is 13.8 Å². The zero-order valence-electron chi connectivity index (χ0n) is 16.3. The Morgan fingerprint density at radius 1 is 1.07 bits per heavy atom. The summed E-state index contributed by atoms with van der Waals surface area (Å²) in [5, 5.41) is 1.89. The average molecular weight is 427 g/mol. The minimum atomic E-state index is -3.68. The Hall–Kier alpha value is -2.64. The molecule has 2 aromatic carbocycles. The van der Waals surface area contributed by atoms with Crippen molar-refractivity contribution in [1.29, 1.82) is 0 Å². The van der Waals surface area contributed by atoms with Gasteiger partial charge in [0.1, 0.15) is 0 Å². The second-order valence-corrected chi connectivity index (χ2v) is 9.91. The van der Waals surface area contributed by atoms with Crippen LogP contribution in [0.15, 0.2) is 58.8 Å². The maximum atomic E-state index is 12.9. The van der Waals surface area contributed by atoms with Crippen molar-refractivity contribution in [1.82, 2.24) is 4.90 Å². The summed E-state index contributed by atoms with van der Waals surface area (Å²) < 4.78 is 28.4. The van der Waals surface area contributed by atoms with Crippen molar-refractivity contribution in [2.45, 2.75) is 31.7 Å². The van der Waals surface area contributed by atoms with Crippen molar-refractivity contribution >= 4 is 33.0 Å². The standard InChI is InChI=1S/C22H22N2O3S2/c1-15-5-8-21(16(2)12-15)29(26,27)23-19-7-6-17-9-10-24(14-18(17)13-19)22(25)20-4-3-11-28-20/h3-8,11-13,23H,9-10,14H2,1-2H3. The molecule has 0 aliphatic carbocycles. The lowest BCUT2D eigenvalue weighted by Gasteiger charge is -2.29. The smallest absolute Gasteiger partial charge is 0.264 e. The molecule has 0 spiro atoms. The SMILES string of the molecule is Cc1ccc(S(=O)(=O)Nc2ccc3c(c2)CN(C(=O)c2cccs2)CC3)c(C)c1. The molecule has 5 nitrogen and oxygen atoms in total. The van der Waals surface area contributed by atoms with Crippen LogP contribution in [0.3, 0.4) is 0 Å². The molecular weight excluding hydrogens is 404 g/mol. The Kier molecular flexibility index (Phi) is 5.19. The van der Waals surface area contributed by atoms with E-state index in [1.807, 2.05) is 47.5 Å². The maximum absolute atomic E-state index is 12.9. The van der Waals surface area contributed by atoms with Gasteiger partial charge in [0, 0.05) is 18.8 Å². The monoisotopic (exact) mass is 426 g/mol. The molecule has 2 heterocycles. The van der Waals surface area contributed by atoms with E-state index in [1.165, 1.54) is 11.3 Å². The van der Waals surface area contributed by atoms with E-state index in [4.69, 9.17) is 0 Å². The summed E-state index contributed by atoms with van der Waals surface area (Å²) >= 11 is 1.43. The molecule has 1 amide bonds. The number of hydrogen-bond donors (Lipinski definition) is 1. The van der Waals surface area contributed by atoms with Crippen LogP contribution in [0.5, 0.6) is 0 Å². The number of fused-ring (bicyclic) bond motifs is 1. The predicted octanol–water partition coefficient (Wildman–Crippen LogP) is 4.36. The van der Waals surface area contributed by atoms with Gasteiger partial charge in [-0.3, -0.25) is 9.52 Å². The van der Waals surface area contributed by atoms with Crippen LogP contribution >= 0.6 is 11.3 Å². The second-order valence-electron chi connectivity index (χ2n) is 7.31. The molecule has 0 saturated carbocycles. The van der Waals surface area contributed by atoms with E-state index in [0.717, 1.165) is 28.0 Å². The van der Waals surface area contributed by atoms with Crippen molar-refractivity contribution in [3.05, 3.63) is 81.0 Å². The van der Waals surface area contributed by atoms with Crippen molar-refractivity contribution in [3.8, 4) is 0 Å². The summed E-state index contributed by atoms with van der Waals surface area (Å²) in [6.07, 6.45) is 0.760. The fourth-order valence-corrected chi connectivity index (χ4v) is 5.63. The van der Waals surface area contributed by atoms with E-state index in [2.05, 4.69) is 4.72 Å². The van der Waals surface area contributed by atoms with Crippen molar-refractivity contribution in [2.24, 2.45) is 0 Å². The molecule has 150 valence electrons. The Morgan fingerprint density at radius 2 is 1.90 bits per heavy atom. The molecule has 0 bridgehead atoms. The molecule has 1 aliphatic rings. The highest BCUT2D eigenvalue weighted by Crippen LogP contribution is 2.27. The largest absolute Gasteiger partial charge is 0.333 e. The maximum Gasteiger partial charge on any atom is 0.264 e. The number of anilines is 1. The third-order valence-corrected chi connectivity index (χ3v) is 7.51. The molecule has 0 saturated heterocycles.